The summed E-state index contributed by atoms with van der Waals surface area (Å²) in [4.78, 5) is 38.5. The van der Waals surface area contributed by atoms with Crippen LogP contribution in [0.25, 0.3) is 44.6 Å². The Balaban J connectivity index is 0.000000171. The zero-order valence-electron chi connectivity index (χ0n) is 23.5. The highest BCUT2D eigenvalue weighted by atomic mass is 16.5. The molecule has 4 heterocycles. The standard InChI is InChI=1S/C14H13N5O3.C14H13N5O2/c1-19-12-9(6-16-14(15)17-12)11(18-19)8-5-7(13(20)21)3-4-10(8)22-2;1-19-13-10(6-16-14(15)17-13)12(18-19)9-5-8(7-20)3-4-11(9)21-2/h3-6H,1-2H3,(H,20,21)(H2,15,16,17);3-7H,1-2H3,(H2,15,16,17). The van der Waals surface area contributed by atoms with Crippen molar-refractivity contribution in [1.82, 2.24) is 39.5 Å². The predicted molar refractivity (Wildman–Crippen MR) is 158 cm³/mol. The largest absolute Gasteiger partial charge is 0.496 e. The van der Waals surface area contributed by atoms with Gasteiger partial charge in [-0.2, -0.15) is 20.2 Å². The molecule has 15 nitrogen and oxygen atoms in total. The molecule has 0 fully saturated rings. The first-order valence-electron chi connectivity index (χ1n) is 12.6. The number of rotatable bonds is 6. The Hall–Kier alpha value is -6.12. The van der Waals surface area contributed by atoms with Gasteiger partial charge in [-0.3, -0.25) is 4.79 Å². The van der Waals surface area contributed by atoms with Crippen LogP contribution in [0.1, 0.15) is 20.7 Å². The van der Waals surface area contributed by atoms with Gasteiger partial charge in [-0.1, -0.05) is 0 Å². The van der Waals surface area contributed by atoms with Gasteiger partial charge >= 0.3 is 5.97 Å². The fourth-order valence-electron chi connectivity index (χ4n) is 4.51. The van der Waals surface area contributed by atoms with E-state index in [0.29, 0.717) is 56.3 Å². The number of nitrogen functional groups attached to an aromatic ring is 2. The minimum Gasteiger partial charge on any atom is -0.496 e. The zero-order chi connectivity index (χ0) is 30.8. The maximum atomic E-state index is 11.2. The first-order valence-corrected chi connectivity index (χ1v) is 12.6. The summed E-state index contributed by atoms with van der Waals surface area (Å²) in [6, 6.07) is 9.73. The lowest BCUT2D eigenvalue weighted by Gasteiger charge is -2.07. The topological polar surface area (TPSA) is 212 Å². The Kier molecular flexibility index (Phi) is 7.53. The Morgan fingerprint density at radius 1 is 0.814 bits per heavy atom. The number of aromatic nitrogens is 8. The van der Waals surface area contributed by atoms with Crippen molar-refractivity contribution in [1.29, 1.82) is 0 Å². The number of carbonyl (C=O) groups is 2. The summed E-state index contributed by atoms with van der Waals surface area (Å²) in [6.07, 6.45) is 3.96. The number of benzene rings is 2. The smallest absolute Gasteiger partial charge is 0.335 e. The van der Waals surface area contributed by atoms with Gasteiger partial charge in [-0.05, 0) is 36.4 Å². The number of anilines is 2. The van der Waals surface area contributed by atoms with Crippen molar-refractivity contribution in [3.05, 3.63) is 59.9 Å². The van der Waals surface area contributed by atoms with Gasteiger partial charge in [0.2, 0.25) is 11.9 Å². The van der Waals surface area contributed by atoms with Gasteiger partial charge in [-0.15, -0.1) is 0 Å². The van der Waals surface area contributed by atoms with Crippen LogP contribution in [0, 0.1) is 0 Å². The fraction of sp³-hybridized carbons (Fsp3) is 0.143. The van der Waals surface area contributed by atoms with Crippen molar-refractivity contribution in [2.45, 2.75) is 0 Å². The van der Waals surface area contributed by atoms with E-state index in [1.807, 2.05) is 0 Å². The van der Waals surface area contributed by atoms with Crippen LogP contribution in [-0.2, 0) is 14.1 Å². The third-order valence-corrected chi connectivity index (χ3v) is 6.51. The number of ether oxygens (including phenoxy) is 2. The highest BCUT2D eigenvalue weighted by molar-refractivity contribution is 5.96. The lowest BCUT2D eigenvalue weighted by Crippen LogP contribution is -1.98. The average Bonchev–Trinajstić information content (AvgIpc) is 3.51. The van der Waals surface area contributed by atoms with E-state index < -0.39 is 5.97 Å². The van der Waals surface area contributed by atoms with Crippen LogP contribution in [0.4, 0.5) is 11.9 Å². The Morgan fingerprint density at radius 2 is 1.30 bits per heavy atom. The number of carboxylic acid groups (broad SMARTS) is 1. The van der Waals surface area contributed by atoms with E-state index >= 15 is 0 Å². The average molecular weight is 583 g/mol. The molecule has 0 aliphatic rings. The molecule has 43 heavy (non-hydrogen) atoms. The summed E-state index contributed by atoms with van der Waals surface area (Å²) < 4.78 is 13.8. The monoisotopic (exact) mass is 582 g/mol. The first kappa shape index (κ1) is 28.4. The minimum atomic E-state index is -1.02. The van der Waals surface area contributed by atoms with Gasteiger partial charge in [0.1, 0.15) is 29.2 Å². The van der Waals surface area contributed by atoms with Gasteiger partial charge in [0, 0.05) is 43.2 Å². The molecular formula is C28H26N10O5. The van der Waals surface area contributed by atoms with Gasteiger partial charge < -0.3 is 26.0 Å². The molecule has 0 saturated heterocycles. The lowest BCUT2D eigenvalue weighted by atomic mass is 10.1. The Morgan fingerprint density at radius 3 is 1.77 bits per heavy atom. The summed E-state index contributed by atoms with van der Waals surface area (Å²) in [6.45, 7) is 0. The van der Waals surface area contributed by atoms with Crippen molar-refractivity contribution in [3.63, 3.8) is 0 Å². The predicted octanol–water partition coefficient (Wildman–Crippen LogP) is 2.75. The quantitative estimate of drug-likeness (QED) is 0.241. The van der Waals surface area contributed by atoms with E-state index in [4.69, 9.17) is 26.0 Å². The van der Waals surface area contributed by atoms with Crippen LogP contribution in [0.3, 0.4) is 0 Å². The molecule has 6 aromatic rings. The number of aromatic carboxylic acids is 1. The van der Waals surface area contributed by atoms with Crippen LogP contribution < -0.4 is 20.9 Å². The number of aryl methyl sites for hydroxylation is 2. The number of methoxy groups -OCH3 is 2. The van der Waals surface area contributed by atoms with Gasteiger partial charge in [0.25, 0.3) is 0 Å². The van der Waals surface area contributed by atoms with Crippen molar-refractivity contribution in [3.8, 4) is 34.0 Å². The van der Waals surface area contributed by atoms with Crippen molar-refractivity contribution in [2.75, 3.05) is 25.7 Å². The molecule has 0 radical (unpaired) electrons. The number of fused-ring (bicyclic) bond motifs is 2. The van der Waals surface area contributed by atoms with Crippen molar-refractivity contribution >= 4 is 46.2 Å². The molecule has 218 valence electrons. The lowest BCUT2D eigenvalue weighted by molar-refractivity contribution is 0.0696. The molecule has 0 spiro atoms. The number of carbonyl (C=O) groups excluding carboxylic acids is 1. The molecule has 0 saturated carbocycles. The van der Waals surface area contributed by atoms with Crippen LogP contribution >= 0.6 is 0 Å². The summed E-state index contributed by atoms with van der Waals surface area (Å²) >= 11 is 0. The molecule has 6 rings (SSSR count). The van der Waals surface area contributed by atoms with Crippen LogP contribution in [0.15, 0.2) is 48.8 Å². The number of nitrogens with zero attached hydrogens (tertiary/aromatic N) is 8. The zero-order valence-corrected chi connectivity index (χ0v) is 23.5. The van der Waals surface area contributed by atoms with E-state index in [2.05, 4.69) is 30.1 Å². The summed E-state index contributed by atoms with van der Waals surface area (Å²) in [5.74, 6) is 0.447. The third kappa shape index (κ3) is 5.33. The molecule has 0 atom stereocenters. The molecule has 4 aromatic heterocycles. The molecule has 15 heteroatoms. The molecule has 0 bridgehead atoms. The summed E-state index contributed by atoms with van der Waals surface area (Å²) in [7, 11) is 6.58. The maximum absolute atomic E-state index is 11.2. The molecule has 0 aliphatic carbocycles. The summed E-state index contributed by atoms with van der Waals surface area (Å²) in [5.41, 5.74) is 15.5. The highest BCUT2D eigenvalue weighted by Crippen LogP contribution is 2.35. The number of hydrogen-bond donors (Lipinski definition) is 3. The van der Waals surface area contributed by atoms with Gasteiger partial charge in [0.15, 0.2) is 11.3 Å². The van der Waals surface area contributed by atoms with Gasteiger partial charge in [-0.25, -0.2) is 24.1 Å². The second kappa shape index (κ2) is 11.4. The Labute approximate surface area is 243 Å². The van der Waals surface area contributed by atoms with Crippen molar-refractivity contribution < 1.29 is 24.2 Å². The SMILES string of the molecule is COc1ccc(C(=O)O)cc1-c1nn(C)c2nc(N)ncc12.COc1ccc(C=O)cc1-c1nn(C)c2nc(N)ncc12. The normalized spacial score (nSPS) is 10.8. The second-order valence-corrected chi connectivity index (χ2v) is 9.17. The molecule has 0 aliphatic heterocycles. The van der Waals surface area contributed by atoms with E-state index in [0.717, 1.165) is 11.7 Å². The van der Waals surface area contributed by atoms with Crippen LogP contribution in [-0.4, -0.2) is 71.1 Å². The molecule has 5 N–H and O–H groups in total. The number of hydrogen-bond acceptors (Lipinski definition) is 12. The van der Waals surface area contributed by atoms with E-state index in [-0.39, 0.29) is 17.5 Å². The van der Waals surface area contributed by atoms with Crippen LogP contribution in [0.2, 0.25) is 0 Å². The van der Waals surface area contributed by atoms with Crippen molar-refractivity contribution in [2.24, 2.45) is 14.1 Å². The molecule has 2 aromatic carbocycles. The van der Waals surface area contributed by atoms with Gasteiger partial charge in [0.05, 0.1) is 30.6 Å². The molecular weight excluding hydrogens is 556 g/mol. The third-order valence-electron chi connectivity index (χ3n) is 6.51. The fourth-order valence-corrected chi connectivity index (χ4v) is 4.51. The van der Waals surface area contributed by atoms with E-state index in [9.17, 15) is 9.59 Å². The number of nitrogens with two attached hydrogens (primary N) is 2. The maximum Gasteiger partial charge on any atom is 0.335 e. The van der Waals surface area contributed by atoms with Crippen LogP contribution in [0.5, 0.6) is 11.5 Å². The molecule has 0 unspecified atom stereocenters. The second-order valence-electron chi connectivity index (χ2n) is 9.17. The summed E-state index contributed by atoms with van der Waals surface area (Å²) in [5, 5.41) is 19.4. The number of carboxylic acids is 1. The Bertz CT molecular complexity index is 2020. The first-order chi connectivity index (χ1) is 20.6. The molecule has 0 amide bonds. The number of aldehydes is 1. The minimum absolute atomic E-state index is 0.144. The van der Waals surface area contributed by atoms with E-state index in [1.54, 1.807) is 67.2 Å². The highest BCUT2D eigenvalue weighted by Gasteiger charge is 2.19. The van der Waals surface area contributed by atoms with E-state index in [1.165, 1.54) is 19.2 Å².